The Bertz CT molecular complexity index is 1790. The summed E-state index contributed by atoms with van der Waals surface area (Å²) >= 11 is 4.80. The molecule has 37 heavy (non-hydrogen) atoms. The van der Waals surface area contributed by atoms with Gasteiger partial charge < -0.3 is 4.42 Å². The highest BCUT2D eigenvalue weighted by Gasteiger charge is 2.12. The molecule has 3 aromatic heterocycles. The van der Waals surface area contributed by atoms with Crippen LogP contribution in [0.2, 0.25) is 0 Å². The number of hydrogen-bond donors (Lipinski definition) is 2. The number of H-pyrrole nitrogens is 1. The first-order valence-corrected chi connectivity index (χ1v) is 13.0. The normalized spacial score (nSPS) is 11.4. The summed E-state index contributed by atoms with van der Waals surface area (Å²) in [6.07, 6.45) is 3.41. The van der Waals surface area contributed by atoms with Crippen LogP contribution >= 0.6 is 27.3 Å². The number of nitrogens with zero attached hydrogens (tertiary/aromatic N) is 3. The highest BCUT2D eigenvalue weighted by molar-refractivity contribution is 9.10. The molecular weight excluding hydrogens is 550 g/mol. The Hall–Kier alpha value is -4.34. The van der Waals surface area contributed by atoms with Crippen LogP contribution < -0.4 is 11.1 Å². The van der Waals surface area contributed by atoms with E-state index < -0.39 is 5.63 Å². The first kappa shape index (κ1) is 23.1. The zero-order chi connectivity index (χ0) is 25.2. The van der Waals surface area contributed by atoms with Crippen molar-refractivity contribution in [2.45, 2.75) is 0 Å². The molecule has 0 spiro atoms. The van der Waals surface area contributed by atoms with Crippen molar-refractivity contribution in [2.75, 3.05) is 5.43 Å². The van der Waals surface area contributed by atoms with Crippen LogP contribution in [0.5, 0.6) is 0 Å². The molecule has 9 heteroatoms. The van der Waals surface area contributed by atoms with Gasteiger partial charge in [-0.25, -0.2) is 9.78 Å². The smallest absolute Gasteiger partial charge is 0.345 e. The molecule has 180 valence electrons. The molecule has 0 aliphatic heterocycles. The van der Waals surface area contributed by atoms with Crippen molar-refractivity contribution in [3.8, 4) is 33.6 Å². The van der Waals surface area contributed by atoms with E-state index in [4.69, 9.17) is 4.42 Å². The summed E-state index contributed by atoms with van der Waals surface area (Å²) < 4.78 is 6.36. The van der Waals surface area contributed by atoms with Crippen molar-refractivity contribution in [3.05, 3.63) is 111 Å². The first-order valence-electron chi connectivity index (χ1n) is 11.3. The van der Waals surface area contributed by atoms with Crippen molar-refractivity contribution in [1.82, 2.24) is 15.2 Å². The number of halogens is 1. The molecule has 0 radical (unpaired) electrons. The molecule has 6 aromatic rings. The summed E-state index contributed by atoms with van der Waals surface area (Å²) in [7, 11) is 0. The SMILES string of the molecule is O=c1oc2ccc(Br)cc2cc1-c1csc(N/N=C/c2cn[nH]c2-c2ccc(-c3ccccc3)cc2)n1. The number of benzene rings is 3. The third-order valence-electron chi connectivity index (χ3n) is 5.79. The lowest BCUT2D eigenvalue weighted by molar-refractivity contribution is 0.563. The maximum atomic E-state index is 12.5. The Morgan fingerprint density at radius 1 is 0.973 bits per heavy atom. The van der Waals surface area contributed by atoms with Gasteiger partial charge in [-0.3, -0.25) is 10.5 Å². The van der Waals surface area contributed by atoms with Crippen molar-refractivity contribution < 1.29 is 4.42 Å². The first-order chi connectivity index (χ1) is 18.1. The fraction of sp³-hybridized carbons (Fsp3) is 0. The van der Waals surface area contributed by atoms with Gasteiger partial charge in [-0.2, -0.15) is 10.2 Å². The van der Waals surface area contributed by atoms with E-state index in [-0.39, 0.29) is 0 Å². The number of aromatic nitrogens is 3. The van der Waals surface area contributed by atoms with Gasteiger partial charge in [0.25, 0.3) is 0 Å². The van der Waals surface area contributed by atoms with Crippen molar-refractivity contribution in [3.63, 3.8) is 0 Å². The summed E-state index contributed by atoms with van der Waals surface area (Å²) in [5, 5.41) is 14.7. The minimum atomic E-state index is -0.434. The second-order valence-corrected chi connectivity index (χ2v) is 9.96. The summed E-state index contributed by atoms with van der Waals surface area (Å²) in [4.78, 5) is 17.0. The molecule has 0 amide bonds. The lowest BCUT2D eigenvalue weighted by atomic mass is 10.0. The lowest BCUT2D eigenvalue weighted by Crippen LogP contribution is -2.03. The minimum absolute atomic E-state index is 0.398. The largest absolute Gasteiger partial charge is 0.422 e. The number of anilines is 1. The fourth-order valence-electron chi connectivity index (χ4n) is 3.96. The summed E-state index contributed by atoms with van der Waals surface area (Å²) in [6, 6.07) is 25.8. The number of thiazole rings is 1. The van der Waals surface area contributed by atoms with Gasteiger partial charge in [-0.15, -0.1) is 11.3 Å². The van der Waals surface area contributed by atoms with E-state index in [0.717, 1.165) is 32.2 Å². The maximum absolute atomic E-state index is 12.5. The monoisotopic (exact) mass is 567 g/mol. The summed E-state index contributed by atoms with van der Waals surface area (Å²) in [5.74, 6) is 0. The standard InChI is InChI=1S/C28H18BrN5O2S/c29-22-10-11-25-20(12-22)13-23(27(35)36-25)24-16-37-28(32-24)34-31-15-21-14-30-33-26(21)19-8-6-18(7-9-19)17-4-2-1-3-5-17/h1-16H,(H,30,33)(H,32,34)/b31-15+. The van der Waals surface area contributed by atoms with E-state index in [9.17, 15) is 4.79 Å². The molecule has 0 atom stereocenters. The molecule has 0 unspecified atom stereocenters. The van der Waals surface area contributed by atoms with Crippen LogP contribution in [-0.2, 0) is 0 Å². The van der Waals surface area contributed by atoms with Crippen LogP contribution in [-0.4, -0.2) is 21.4 Å². The number of nitrogens with one attached hydrogen (secondary N) is 2. The fourth-order valence-corrected chi connectivity index (χ4v) is 5.00. The highest BCUT2D eigenvalue weighted by Crippen LogP contribution is 2.27. The molecule has 3 aromatic carbocycles. The van der Waals surface area contributed by atoms with Gasteiger partial charge in [0, 0.05) is 26.4 Å². The van der Waals surface area contributed by atoms with E-state index >= 15 is 0 Å². The zero-order valence-corrected chi connectivity index (χ0v) is 21.6. The molecule has 6 rings (SSSR count). The van der Waals surface area contributed by atoms with E-state index in [1.165, 1.54) is 16.9 Å². The van der Waals surface area contributed by atoms with E-state index in [2.05, 4.69) is 78.0 Å². The lowest BCUT2D eigenvalue weighted by Gasteiger charge is -2.04. The summed E-state index contributed by atoms with van der Waals surface area (Å²) in [5.41, 5.74) is 8.98. The average molecular weight is 568 g/mol. The third kappa shape index (κ3) is 4.87. The molecule has 0 fully saturated rings. The molecule has 0 aliphatic carbocycles. The third-order valence-corrected chi connectivity index (χ3v) is 7.03. The van der Waals surface area contributed by atoms with Gasteiger partial charge in [0.2, 0.25) is 5.13 Å². The number of rotatable bonds is 6. The molecule has 3 heterocycles. The number of hydrazone groups is 1. The predicted octanol–water partition coefficient (Wildman–Crippen LogP) is 7.18. The quantitative estimate of drug-likeness (QED) is 0.126. The topological polar surface area (TPSA) is 96.2 Å². The number of aromatic amines is 1. The molecule has 0 bridgehead atoms. The Balaban J connectivity index is 1.19. The van der Waals surface area contributed by atoms with Crippen LogP contribution in [0.25, 0.3) is 44.6 Å². The van der Waals surface area contributed by atoms with Gasteiger partial charge in [-0.05, 0) is 35.4 Å². The second-order valence-electron chi connectivity index (χ2n) is 8.18. The van der Waals surface area contributed by atoms with Crippen molar-refractivity contribution in [1.29, 1.82) is 0 Å². The van der Waals surface area contributed by atoms with Crippen LogP contribution in [0, 0.1) is 0 Å². The minimum Gasteiger partial charge on any atom is -0.422 e. The van der Waals surface area contributed by atoms with E-state index in [1.54, 1.807) is 29.9 Å². The van der Waals surface area contributed by atoms with Gasteiger partial charge >= 0.3 is 5.63 Å². The van der Waals surface area contributed by atoms with Crippen LogP contribution in [0.3, 0.4) is 0 Å². The average Bonchev–Trinajstić information content (AvgIpc) is 3.59. The molecular formula is C28H18BrN5O2S. The Labute approximate surface area is 223 Å². The van der Waals surface area contributed by atoms with Gasteiger partial charge in [0.05, 0.1) is 29.4 Å². The molecule has 2 N–H and O–H groups in total. The number of fused-ring (bicyclic) bond motifs is 1. The predicted molar refractivity (Wildman–Crippen MR) is 152 cm³/mol. The molecule has 0 aliphatic rings. The van der Waals surface area contributed by atoms with Crippen molar-refractivity contribution in [2.24, 2.45) is 5.10 Å². The van der Waals surface area contributed by atoms with Gasteiger partial charge in [0.1, 0.15) is 5.58 Å². The Morgan fingerprint density at radius 2 is 1.76 bits per heavy atom. The number of hydrogen-bond acceptors (Lipinski definition) is 7. The Morgan fingerprint density at radius 3 is 2.59 bits per heavy atom. The maximum Gasteiger partial charge on any atom is 0.345 e. The highest BCUT2D eigenvalue weighted by atomic mass is 79.9. The summed E-state index contributed by atoms with van der Waals surface area (Å²) in [6.45, 7) is 0. The van der Waals surface area contributed by atoms with Gasteiger partial charge in [0.15, 0.2) is 0 Å². The second kappa shape index (κ2) is 9.96. The molecule has 0 saturated heterocycles. The molecule has 0 saturated carbocycles. The zero-order valence-electron chi connectivity index (χ0n) is 19.2. The van der Waals surface area contributed by atoms with Crippen molar-refractivity contribution >= 4 is 49.6 Å². The Kier molecular flexibility index (Phi) is 6.21. The van der Waals surface area contributed by atoms with Gasteiger partial charge in [-0.1, -0.05) is 70.5 Å². The van der Waals surface area contributed by atoms with E-state index in [1.807, 2.05) is 30.3 Å². The van der Waals surface area contributed by atoms with Crippen LogP contribution in [0.15, 0.2) is 109 Å². The van der Waals surface area contributed by atoms with E-state index in [0.29, 0.717) is 22.0 Å². The van der Waals surface area contributed by atoms with Crippen LogP contribution in [0.1, 0.15) is 5.56 Å². The van der Waals surface area contributed by atoms with Crippen LogP contribution in [0.4, 0.5) is 5.13 Å². The molecule has 7 nitrogen and oxygen atoms in total.